The number of carbonyl (C=O) groups is 1. The lowest BCUT2D eigenvalue weighted by molar-refractivity contribution is -0.123. The summed E-state index contributed by atoms with van der Waals surface area (Å²) >= 11 is 1.82. The smallest absolute Gasteiger partial charge is 0.237 e. The van der Waals surface area contributed by atoms with Crippen molar-refractivity contribution in [3.8, 4) is 0 Å². The zero-order valence-corrected chi connectivity index (χ0v) is 16.3. The van der Waals surface area contributed by atoms with E-state index in [-0.39, 0.29) is 24.4 Å². The van der Waals surface area contributed by atoms with Gasteiger partial charge in [-0.1, -0.05) is 0 Å². The average Bonchev–Trinajstić information content (AvgIpc) is 3.10. The van der Waals surface area contributed by atoms with E-state index in [1.807, 2.05) is 16.8 Å². The predicted molar refractivity (Wildman–Crippen MR) is 103 cm³/mol. The minimum atomic E-state index is 0. The Balaban J connectivity index is 0.00000182. The van der Waals surface area contributed by atoms with Crippen molar-refractivity contribution in [1.82, 2.24) is 20.5 Å². The number of hydrogen-bond donors (Lipinski definition) is 2. The van der Waals surface area contributed by atoms with Crippen LogP contribution in [0, 0.1) is 5.92 Å². The van der Waals surface area contributed by atoms with Crippen molar-refractivity contribution in [2.24, 2.45) is 5.92 Å². The van der Waals surface area contributed by atoms with Gasteiger partial charge in [-0.15, -0.1) is 23.7 Å². The summed E-state index contributed by atoms with van der Waals surface area (Å²) in [5, 5.41) is 6.45. The van der Waals surface area contributed by atoms with E-state index in [1.54, 1.807) is 0 Å². The summed E-state index contributed by atoms with van der Waals surface area (Å²) in [6.45, 7) is 5.13. The number of amides is 1. The summed E-state index contributed by atoms with van der Waals surface area (Å²) in [4.78, 5) is 20.8. The summed E-state index contributed by atoms with van der Waals surface area (Å²) < 4.78 is 0. The molecule has 0 spiro atoms. The van der Waals surface area contributed by atoms with Crippen LogP contribution in [0.15, 0.2) is 5.51 Å². The molecule has 2 unspecified atom stereocenters. The zero-order chi connectivity index (χ0) is 16.4. The third-order valence-corrected chi connectivity index (χ3v) is 6.38. The lowest BCUT2D eigenvalue weighted by atomic mass is 9.97. The van der Waals surface area contributed by atoms with Crippen molar-refractivity contribution in [2.45, 2.75) is 57.0 Å². The van der Waals surface area contributed by atoms with Crippen LogP contribution in [0.25, 0.3) is 0 Å². The Morgan fingerprint density at radius 3 is 2.96 bits per heavy atom. The first kappa shape index (κ1) is 19.1. The van der Waals surface area contributed by atoms with Gasteiger partial charge in [0.25, 0.3) is 0 Å². The zero-order valence-electron chi connectivity index (χ0n) is 14.7. The average molecular weight is 385 g/mol. The van der Waals surface area contributed by atoms with E-state index in [4.69, 9.17) is 0 Å². The normalized spacial score (nSPS) is 27.0. The van der Waals surface area contributed by atoms with E-state index < -0.39 is 0 Å². The molecule has 0 aromatic carbocycles. The number of hydrogen-bond acceptors (Lipinski definition) is 5. The van der Waals surface area contributed by atoms with Gasteiger partial charge in [-0.2, -0.15) is 0 Å². The van der Waals surface area contributed by atoms with E-state index in [2.05, 4.69) is 20.5 Å². The van der Waals surface area contributed by atoms with Crippen LogP contribution >= 0.6 is 23.7 Å². The highest BCUT2D eigenvalue weighted by Gasteiger charge is 2.30. The molecule has 0 bridgehead atoms. The van der Waals surface area contributed by atoms with Gasteiger partial charge >= 0.3 is 0 Å². The summed E-state index contributed by atoms with van der Waals surface area (Å²) in [5.74, 6) is 1.52. The molecule has 2 aliphatic heterocycles. The summed E-state index contributed by atoms with van der Waals surface area (Å²) in [5.41, 5.74) is 3.38. The van der Waals surface area contributed by atoms with Gasteiger partial charge in [0, 0.05) is 30.4 Å². The molecule has 1 aromatic rings. The van der Waals surface area contributed by atoms with Gasteiger partial charge in [0.1, 0.15) is 0 Å². The summed E-state index contributed by atoms with van der Waals surface area (Å²) in [6.07, 6.45) is 7.21. The predicted octanol–water partition coefficient (Wildman–Crippen LogP) is 2.52. The second-order valence-electron chi connectivity index (χ2n) is 7.57. The van der Waals surface area contributed by atoms with Gasteiger partial charge in [-0.25, -0.2) is 4.98 Å². The Bertz CT molecular complexity index is 571. The van der Waals surface area contributed by atoms with Gasteiger partial charge < -0.3 is 10.6 Å². The van der Waals surface area contributed by atoms with E-state index in [1.165, 1.54) is 42.8 Å². The molecule has 1 aliphatic carbocycles. The fourth-order valence-corrected chi connectivity index (χ4v) is 4.92. The topological polar surface area (TPSA) is 57.3 Å². The Kier molecular flexibility index (Phi) is 6.72. The molecule has 3 fully saturated rings. The number of thiazole rings is 1. The highest BCUT2D eigenvalue weighted by atomic mass is 35.5. The highest BCUT2D eigenvalue weighted by molar-refractivity contribution is 7.09. The highest BCUT2D eigenvalue weighted by Crippen LogP contribution is 2.42. The molecule has 0 radical (unpaired) electrons. The lowest BCUT2D eigenvalue weighted by Crippen LogP contribution is -2.45. The number of rotatable bonds is 6. The van der Waals surface area contributed by atoms with Crippen LogP contribution in [0.4, 0.5) is 0 Å². The first-order valence-electron chi connectivity index (χ1n) is 9.45. The molecule has 4 rings (SSSR count). The molecule has 3 heterocycles. The molecule has 7 heteroatoms. The molecule has 1 aromatic heterocycles. The van der Waals surface area contributed by atoms with Crippen molar-refractivity contribution in [1.29, 1.82) is 0 Å². The second-order valence-corrected chi connectivity index (χ2v) is 8.51. The Labute approximate surface area is 160 Å². The maximum absolute atomic E-state index is 12.2. The molecule has 140 valence electrons. The number of halogens is 1. The molecule has 2 N–H and O–H groups in total. The minimum absolute atomic E-state index is 0. The Hall–Kier alpha value is -0.690. The third kappa shape index (κ3) is 4.94. The standard InChI is InChI=1S/C18H28N4OS.ClH/c23-18(15-4-1-7-19-15)20-9-13-3-2-8-22(10-13)11-16-17(14-5-6-14)21-12-24-16;/h12-15,19H,1-11H2,(H,20,23);1H. The molecule has 1 saturated carbocycles. The van der Waals surface area contributed by atoms with Crippen molar-refractivity contribution < 1.29 is 4.79 Å². The van der Waals surface area contributed by atoms with Gasteiger partial charge in [-0.05, 0) is 57.5 Å². The Morgan fingerprint density at radius 1 is 1.32 bits per heavy atom. The molecule has 2 saturated heterocycles. The van der Waals surface area contributed by atoms with Gasteiger partial charge in [0.05, 0.1) is 17.2 Å². The van der Waals surface area contributed by atoms with Crippen LogP contribution in [0.2, 0.25) is 0 Å². The fourth-order valence-electron chi connectivity index (χ4n) is 4.03. The van der Waals surface area contributed by atoms with E-state index in [9.17, 15) is 4.79 Å². The van der Waals surface area contributed by atoms with Crippen LogP contribution in [0.3, 0.4) is 0 Å². The van der Waals surface area contributed by atoms with Gasteiger partial charge in [0.15, 0.2) is 0 Å². The first-order valence-corrected chi connectivity index (χ1v) is 10.3. The van der Waals surface area contributed by atoms with Crippen LogP contribution in [-0.4, -0.2) is 48.0 Å². The third-order valence-electron chi connectivity index (χ3n) is 5.55. The van der Waals surface area contributed by atoms with Crippen molar-refractivity contribution in [2.75, 3.05) is 26.2 Å². The molecule has 5 nitrogen and oxygen atoms in total. The fraction of sp³-hybridized carbons (Fsp3) is 0.778. The maximum atomic E-state index is 12.2. The quantitative estimate of drug-likeness (QED) is 0.791. The number of carbonyl (C=O) groups excluding carboxylic acids is 1. The molecular formula is C18H29ClN4OS. The lowest BCUT2D eigenvalue weighted by Gasteiger charge is -2.32. The van der Waals surface area contributed by atoms with Crippen molar-refractivity contribution in [3.05, 3.63) is 16.1 Å². The number of piperidine rings is 1. The SMILES string of the molecule is Cl.O=C(NCC1CCCN(Cc2scnc2C2CC2)C1)C1CCCN1. The van der Waals surface area contributed by atoms with Crippen LogP contribution in [0.1, 0.15) is 55.0 Å². The first-order chi connectivity index (χ1) is 11.8. The van der Waals surface area contributed by atoms with Crippen molar-refractivity contribution >= 4 is 29.7 Å². The largest absolute Gasteiger partial charge is 0.354 e. The van der Waals surface area contributed by atoms with Crippen LogP contribution in [-0.2, 0) is 11.3 Å². The number of likely N-dealkylation sites (tertiary alicyclic amines) is 1. The number of nitrogens with zero attached hydrogens (tertiary/aromatic N) is 2. The molecule has 2 atom stereocenters. The second kappa shape index (κ2) is 8.80. The summed E-state index contributed by atoms with van der Waals surface area (Å²) in [7, 11) is 0. The van der Waals surface area contributed by atoms with E-state index in [0.29, 0.717) is 5.92 Å². The maximum Gasteiger partial charge on any atom is 0.237 e. The summed E-state index contributed by atoms with van der Waals surface area (Å²) in [6, 6.07) is 0.0444. The molecule has 1 amide bonds. The molecule has 25 heavy (non-hydrogen) atoms. The van der Waals surface area contributed by atoms with E-state index >= 15 is 0 Å². The monoisotopic (exact) mass is 384 g/mol. The minimum Gasteiger partial charge on any atom is -0.354 e. The van der Waals surface area contributed by atoms with Gasteiger partial charge in [-0.3, -0.25) is 9.69 Å². The van der Waals surface area contributed by atoms with E-state index in [0.717, 1.165) is 44.9 Å². The number of nitrogens with one attached hydrogen (secondary N) is 2. The van der Waals surface area contributed by atoms with Crippen LogP contribution < -0.4 is 10.6 Å². The van der Waals surface area contributed by atoms with Gasteiger partial charge in [0.2, 0.25) is 5.91 Å². The number of aromatic nitrogens is 1. The van der Waals surface area contributed by atoms with Crippen molar-refractivity contribution in [3.63, 3.8) is 0 Å². The van der Waals surface area contributed by atoms with Crippen LogP contribution in [0.5, 0.6) is 0 Å². The molecule has 3 aliphatic rings. The Morgan fingerprint density at radius 2 is 2.20 bits per heavy atom. The molecular weight excluding hydrogens is 356 g/mol.